The maximum Gasteiger partial charge on any atom is 0.255 e. The molecule has 0 aliphatic heterocycles. The van der Waals surface area contributed by atoms with E-state index in [-0.39, 0.29) is 17.8 Å². The average molecular weight is 400 g/mol. The number of rotatable bonds is 5. The zero-order chi connectivity index (χ0) is 21.1. The van der Waals surface area contributed by atoms with Gasteiger partial charge in [0.2, 0.25) is 0 Å². The molecule has 0 fully saturated rings. The maximum absolute atomic E-state index is 13.3. The molecule has 4 aromatic rings. The van der Waals surface area contributed by atoms with Crippen molar-refractivity contribution in [2.75, 3.05) is 0 Å². The Kier molecular flexibility index (Phi) is 5.39. The third-order valence-corrected chi connectivity index (χ3v) is 4.82. The summed E-state index contributed by atoms with van der Waals surface area (Å²) in [6.45, 7) is 3.88. The monoisotopic (exact) mass is 400 g/mol. The zero-order valence-electron chi connectivity index (χ0n) is 16.7. The summed E-state index contributed by atoms with van der Waals surface area (Å²) >= 11 is 0. The minimum atomic E-state index is -0.327. The predicted molar refractivity (Wildman–Crippen MR) is 114 cm³/mol. The number of hydrogen-bond acceptors (Lipinski definition) is 3. The Morgan fingerprint density at radius 1 is 1.07 bits per heavy atom. The normalized spacial score (nSPS) is 11.8. The van der Waals surface area contributed by atoms with Crippen LogP contribution >= 0.6 is 0 Å². The molecular formula is C24H21FN4O. The number of halogens is 1. The zero-order valence-corrected chi connectivity index (χ0v) is 16.7. The first-order valence-corrected chi connectivity index (χ1v) is 9.66. The first-order chi connectivity index (χ1) is 14.5. The number of aromatic nitrogens is 3. The summed E-state index contributed by atoms with van der Waals surface area (Å²) in [5, 5.41) is 7.64. The van der Waals surface area contributed by atoms with E-state index in [9.17, 15) is 9.18 Å². The second-order valence-electron chi connectivity index (χ2n) is 7.13. The topological polar surface area (TPSA) is 59.8 Å². The number of amides is 1. The number of pyridine rings is 1. The van der Waals surface area contributed by atoms with Gasteiger partial charge in [0.25, 0.3) is 5.91 Å². The third kappa shape index (κ3) is 4.12. The molecule has 150 valence electrons. The Hall–Kier alpha value is -3.80. The van der Waals surface area contributed by atoms with Crippen molar-refractivity contribution in [2.45, 2.75) is 19.9 Å². The molecule has 30 heavy (non-hydrogen) atoms. The number of benzene rings is 2. The van der Waals surface area contributed by atoms with Crippen LogP contribution in [0, 0.1) is 12.7 Å². The second-order valence-corrected chi connectivity index (χ2v) is 7.13. The van der Waals surface area contributed by atoms with Gasteiger partial charge < -0.3 is 5.32 Å². The molecule has 1 amide bonds. The molecule has 0 bridgehead atoms. The first-order valence-electron chi connectivity index (χ1n) is 9.66. The summed E-state index contributed by atoms with van der Waals surface area (Å²) in [5.41, 5.74) is 4.35. The van der Waals surface area contributed by atoms with Gasteiger partial charge in [-0.3, -0.25) is 9.78 Å². The molecule has 0 saturated heterocycles. The number of hydrogen-bond donors (Lipinski definition) is 1. The highest BCUT2D eigenvalue weighted by atomic mass is 19.1. The smallest absolute Gasteiger partial charge is 0.255 e. The molecule has 1 atom stereocenters. The van der Waals surface area contributed by atoms with Crippen LogP contribution in [0.15, 0.2) is 79.1 Å². The molecule has 2 heterocycles. The van der Waals surface area contributed by atoms with Gasteiger partial charge in [0.15, 0.2) is 0 Å². The Bertz CT molecular complexity index is 1170. The van der Waals surface area contributed by atoms with Crippen molar-refractivity contribution in [1.82, 2.24) is 20.1 Å². The number of carbonyl (C=O) groups is 1. The van der Waals surface area contributed by atoms with Gasteiger partial charge in [0, 0.05) is 18.0 Å². The highest BCUT2D eigenvalue weighted by Gasteiger charge is 2.21. The molecule has 0 saturated carbocycles. The van der Waals surface area contributed by atoms with Gasteiger partial charge in [-0.25, -0.2) is 9.07 Å². The van der Waals surface area contributed by atoms with Crippen LogP contribution in [0.1, 0.15) is 34.6 Å². The summed E-state index contributed by atoms with van der Waals surface area (Å²) in [6, 6.07) is 19.1. The lowest BCUT2D eigenvalue weighted by atomic mass is 10.0. The molecule has 0 radical (unpaired) electrons. The minimum Gasteiger partial charge on any atom is -0.344 e. The van der Waals surface area contributed by atoms with E-state index < -0.39 is 0 Å². The van der Waals surface area contributed by atoms with E-state index >= 15 is 0 Å². The van der Waals surface area contributed by atoms with Gasteiger partial charge in [-0.2, -0.15) is 5.10 Å². The van der Waals surface area contributed by atoms with Gasteiger partial charge in [0.1, 0.15) is 11.5 Å². The lowest BCUT2D eigenvalue weighted by Gasteiger charge is -2.13. The van der Waals surface area contributed by atoms with Crippen LogP contribution in [0.4, 0.5) is 4.39 Å². The molecule has 0 spiro atoms. The van der Waals surface area contributed by atoms with E-state index in [0.29, 0.717) is 16.9 Å². The number of nitrogens with zero attached hydrogens (tertiary/aromatic N) is 3. The number of nitrogens with one attached hydrogen (secondary N) is 1. The molecule has 2 aromatic heterocycles. The van der Waals surface area contributed by atoms with Crippen molar-refractivity contribution in [3.05, 3.63) is 102 Å². The van der Waals surface area contributed by atoms with Crippen LogP contribution in [-0.4, -0.2) is 20.7 Å². The Labute approximate surface area is 174 Å². The van der Waals surface area contributed by atoms with E-state index in [1.54, 1.807) is 29.2 Å². The minimum absolute atomic E-state index is 0.252. The molecule has 2 aromatic carbocycles. The van der Waals surface area contributed by atoms with Gasteiger partial charge in [0.05, 0.1) is 23.0 Å². The van der Waals surface area contributed by atoms with Crippen molar-refractivity contribution >= 4 is 5.91 Å². The Morgan fingerprint density at radius 3 is 2.57 bits per heavy atom. The molecule has 0 aliphatic carbocycles. The largest absolute Gasteiger partial charge is 0.344 e. The molecular weight excluding hydrogens is 379 g/mol. The third-order valence-electron chi connectivity index (χ3n) is 4.82. The first kappa shape index (κ1) is 19.5. The van der Waals surface area contributed by atoms with E-state index in [0.717, 1.165) is 16.8 Å². The van der Waals surface area contributed by atoms with Crippen LogP contribution in [0.2, 0.25) is 0 Å². The van der Waals surface area contributed by atoms with Crippen molar-refractivity contribution < 1.29 is 9.18 Å². The highest BCUT2D eigenvalue weighted by Crippen LogP contribution is 2.25. The molecule has 1 N–H and O–H groups in total. The van der Waals surface area contributed by atoms with E-state index in [1.807, 2.05) is 56.3 Å². The molecule has 0 aliphatic rings. The van der Waals surface area contributed by atoms with Crippen LogP contribution in [0.5, 0.6) is 0 Å². The maximum atomic E-state index is 13.3. The van der Waals surface area contributed by atoms with Gasteiger partial charge >= 0.3 is 0 Å². The second kappa shape index (κ2) is 8.29. The number of carbonyl (C=O) groups excluding carboxylic acids is 1. The SMILES string of the molecule is Cc1cccc(-c2nn(-c3ccc(F)cc3)cc2C(=O)N[C@@H](C)c2ccccn2)c1. The quantitative estimate of drug-likeness (QED) is 0.520. The van der Waals surface area contributed by atoms with Crippen molar-refractivity contribution in [2.24, 2.45) is 0 Å². The summed E-state index contributed by atoms with van der Waals surface area (Å²) in [6.07, 6.45) is 3.37. The van der Waals surface area contributed by atoms with E-state index in [4.69, 9.17) is 0 Å². The van der Waals surface area contributed by atoms with Gasteiger partial charge in [-0.05, 0) is 56.3 Å². The van der Waals surface area contributed by atoms with Crippen molar-refractivity contribution in [3.8, 4) is 16.9 Å². The fraction of sp³-hybridized carbons (Fsp3) is 0.125. The molecule has 6 heteroatoms. The molecule has 4 rings (SSSR count). The fourth-order valence-electron chi connectivity index (χ4n) is 3.25. The van der Waals surface area contributed by atoms with Crippen LogP contribution in [-0.2, 0) is 0 Å². The standard InChI is InChI=1S/C24H21FN4O/c1-16-6-5-7-18(14-16)23-21(15-29(28-23)20-11-9-19(25)10-12-20)24(30)27-17(2)22-8-3-4-13-26-22/h3-15,17H,1-2H3,(H,27,30)/t17-/m0/s1. The summed E-state index contributed by atoms with van der Waals surface area (Å²) in [7, 11) is 0. The summed E-state index contributed by atoms with van der Waals surface area (Å²) in [5.74, 6) is -0.579. The summed E-state index contributed by atoms with van der Waals surface area (Å²) < 4.78 is 14.9. The Balaban J connectivity index is 1.73. The fourth-order valence-corrected chi connectivity index (χ4v) is 3.25. The van der Waals surface area contributed by atoms with Crippen molar-refractivity contribution in [1.29, 1.82) is 0 Å². The molecule has 0 unspecified atom stereocenters. The van der Waals surface area contributed by atoms with Crippen molar-refractivity contribution in [3.63, 3.8) is 0 Å². The van der Waals surface area contributed by atoms with Gasteiger partial charge in [-0.1, -0.05) is 29.8 Å². The van der Waals surface area contributed by atoms with E-state index in [1.165, 1.54) is 12.1 Å². The van der Waals surface area contributed by atoms with Crippen LogP contribution < -0.4 is 5.32 Å². The predicted octanol–water partition coefficient (Wildman–Crippen LogP) is 4.87. The van der Waals surface area contributed by atoms with E-state index in [2.05, 4.69) is 15.4 Å². The highest BCUT2D eigenvalue weighted by molar-refractivity contribution is 6.00. The lowest BCUT2D eigenvalue weighted by molar-refractivity contribution is 0.0939. The lowest BCUT2D eigenvalue weighted by Crippen LogP contribution is -2.27. The van der Waals surface area contributed by atoms with Crippen LogP contribution in [0.25, 0.3) is 16.9 Å². The average Bonchev–Trinajstić information content (AvgIpc) is 3.20. The van der Waals surface area contributed by atoms with Crippen LogP contribution in [0.3, 0.4) is 0 Å². The Morgan fingerprint density at radius 2 is 1.87 bits per heavy atom. The van der Waals surface area contributed by atoms with Gasteiger partial charge in [-0.15, -0.1) is 0 Å². The molecule has 5 nitrogen and oxygen atoms in total. The number of aryl methyl sites for hydroxylation is 1. The summed E-state index contributed by atoms with van der Waals surface area (Å²) in [4.78, 5) is 17.5.